The van der Waals surface area contributed by atoms with E-state index in [1.54, 1.807) is 21.0 Å². The van der Waals surface area contributed by atoms with Gasteiger partial charge in [0.05, 0.1) is 5.69 Å². The minimum absolute atomic E-state index is 0.0487. The van der Waals surface area contributed by atoms with Gasteiger partial charge in [-0.05, 0) is 6.92 Å². The van der Waals surface area contributed by atoms with Crippen LogP contribution in [0.5, 0.6) is 0 Å². The quantitative estimate of drug-likeness (QED) is 0.724. The molecule has 4 nitrogen and oxygen atoms in total. The van der Waals surface area contributed by atoms with Crippen LogP contribution in [0.2, 0.25) is 0 Å². The van der Waals surface area contributed by atoms with E-state index in [9.17, 15) is 4.79 Å². The second kappa shape index (κ2) is 3.82. The lowest BCUT2D eigenvalue weighted by Crippen LogP contribution is -2.23. The summed E-state index contributed by atoms with van der Waals surface area (Å²) in [6.07, 6.45) is 0. The van der Waals surface area contributed by atoms with Crippen LogP contribution in [0.4, 0.5) is 0 Å². The molecule has 0 fully saturated rings. The molecule has 0 bridgehead atoms. The zero-order valence-electron chi connectivity index (χ0n) is 9.29. The van der Waals surface area contributed by atoms with Crippen LogP contribution in [-0.2, 0) is 0 Å². The minimum Gasteiger partial charge on any atom is -0.360 e. The molecule has 0 aliphatic rings. The highest BCUT2D eigenvalue weighted by atomic mass is 16.5. The summed E-state index contributed by atoms with van der Waals surface area (Å²) in [4.78, 5) is 13.3. The van der Waals surface area contributed by atoms with Crippen LogP contribution < -0.4 is 0 Å². The smallest absolute Gasteiger partial charge is 0.258 e. The van der Waals surface area contributed by atoms with Crippen molar-refractivity contribution in [2.45, 2.75) is 26.7 Å². The van der Waals surface area contributed by atoms with E-state index < -0.39 is 0 Å². The van der Waals surface area contributed by atoms with E-state index in [1.165, 1.54) is 4.90 Å². The number of hydrogen-bond donors (Lipinski definition) is 0. The molecule has 0 spiro atoms. The summed E-state index contributed by atoms with van der Waals surface area (Å²) in [5.74, 6) is 0.795. The van der Waals surface area contributed by atoms with Crippen molar-refractivity contribution < 1.29 is 9.32 Å². The van der Waals surface area contributed by atoms with Crippen LogP contribution in [0.25, 0.3) is 0 Å². The molecule has 0 radical (unpaired) electrons. The fraction of sp³-hybridized carbons (Fsp3) is 0.600. The molecule has 0 aliphatic heterocycles. The first kappa shape index (κ1) is 10.8. The fourth-order valence-corrected chi connectivity index (χ4v) is 1.27. The lowest BCUT2D eigenvalue weighted by atomic mass is 10.0. The van der Waals surface area contributed by atoms with Gasteiger partial charge in [-0.1, -0.05) is 19.0 Å². The second-order valence-corrected chi connectivity index (χ2v) is 3.86. The van der Waals surface area contributed by atoms with Gasteiger partial charge in [0.1, 0.15) is 5.56 Å². The molecule has 4 heteroatoms. The van der Waals surface area contributed by atoms with Crippen LogP contribution in [-0.4, -0.2) is 30.1 Å². The van der Waals surface area contributed by atoms with Gasteiger partial charge in [-0.2, -0.15) is 0 Å². The lowest BCUT2D eigenvalue weighted by Gasteiger charge is -2.10. The van der Waals surface area contributed by atoms with Crippen molar-refractivity contribution >= 4 is 5.91 Å². The highest BCUT2D eigenvalue weighted by Gasteiger charge is 2.23. The Morgan fingerprint density at radius 1 is 1.43 bits per heavy atom. The van der Waals surface area contributed by atoms with Crippen molar-refractivity contribution in [1.29, 1.82) is 0 Å². The Balaban J connectivity index is 3.17. The summed E-state index contributed by atoms with van der Waals surface area (Å²) in [6, 6.07) is 0. The Morgan fingerprint density at radius 2 is 2.00 bits per heavy atom. The summed E-state index contributed by atoms with van der Waals surface area (Å²) in [6.45, 7) is 5.74. The number of carbonyl (C=O) groups excluding carboxylic acids is 1. The van der Waals surface area contributed by atoms with Gasteiger partial charge >= 0.3 is 0 Å². The molecule has 78 valence electrons. The monoisotopic (exact) mass is 196 g/mol. The predicted molar refractivity (Wildman–Crippen MR) is 53.3 cm³/mol. The molecule has 0 saturated carbocycles. The van der Waals surface area contributed by atoms with Crippen molar-refractivity contribution in [3.63, 3.8) is 0 Å². The number of hydrogen-bond acceptors (Lipinski definition) is 3. The van der Waals surface area contributed by atoms with E-state index >= 15 is 0 Å². The fourth-order valence-electron chi connectivity index (χ4n) is 1.27. The average Bonchev–Trinajstić information content (AvgIpc) is 2.45. The summed E-state index contributed by atoms with van der Waals surface area (Å²) < 4.78 is 5.13. The van der Waals surface area contributed by atoms with Gasteiger partial charge in [-0.3, -0.25) is 4.79 Å². The molecule has 0 saturated heterocycles. The van der Waals surface area contributed by atoms with E-state index in [4.69, 9.17) is 4.52 Å². The maximum absolute atomic E-state index is 11.8. The first-order chi connectivity index (χ1) is 6.45. The van der Waals surface area contributed by atoms with Gasteiger partial charge in [0.25, 0.3) is 5.91 Å². The maximum Gasteiger partial charge on any atom is 0.258 e. The Morgan fingerprint density at radius 3 is 2.43 bits per heavy atom. The Labute approximate surface area is 83.9 Å². The molecule has 1 amide bonds. The van der Waals surface area contributed by atoms with Gasteiger partial charge in [-0.15, -0.1) is 0 Å². The van der Waals surface area contributed by atoms with Crippen LogP contribution >= 0.6 is 0 Å². The van der Waals surface area contributed by atoms with E-state index in [0.717, 1.165) is 0 Å². The number of rotatable bonds is 2. The summed E-state index contributed by atoms with van der Waals surface area (Å²) >= 11 is 0. The molecule has 0 unspecified atom stereocenters. The third kappa shape index (κ3) is 1.78. The third-order valence-corrected chi connectivity index (χ3v) is 2.03. The number of amides is 1. The minimum atomic E-state index is -0.0487. The van der Waals surface area contributed by atoms with Crippen LogP contribution in [0, 0.1) is 6.92 Å². The van der Waals surface area contributed by atoms with Crippen molar-refractivity contribution in [3.8, 4) is 0 Å². The molecule has 0 atom stereocenters. The molecular formula is C10H16N2O2. The normalized spacial score (nSPS) is 10.7. The number of nitrogens with zero attached hydrogens (tertiary/aromatic N) is 2. The van der Waals surface area contributed by atoms with E-state index in [1.807, 2.05) is 13.8 Å². The van der Waals surface area contributed by atoms with Crippen molar-refractivity contribution in [3.05, 3.63) is 17.0 Å². The average molecular weight is 196 g/mol. The van der Waals surface area contributed by atoms with Gasteiger partial charge in [0.15, 0.2) is 5.76 Å². The van der Waals surface area contributed by atoms with Crippen LogP contribution in [0.15, 0.2) is 4.52 Å². The molecule has 0 aliphatic carbocycles. The highest BCUT2D eigenvalue weighted by Crippen LogP contribution is 2.22. The zero-order valence-corrected chi connectivity index (χ0v) is 9.29. The van der Waals surface area contributed by atoms with E-state index in [0.29, 0.717) is 17.0 Å². The standard InChI is InChI=1S/C10H16N2O2/c1-6(2)9-8(7(3)11-14-9)10(13)12(4)5/h6H,1-5H3. The number of carbonyl (C=O) groups is 1. The summed E-state index contributed by atoms with van der Waals surface area (Å²) in [5, 5.41) is 3.82. The first-order valence-corrected chi connectivity index (χ1v) is 4.63. The highest BCUT2D eigenvalue weighted by molar-refractivity contribution is 5.95. The number of aryl methyl sites for hydroxylation is 1. The number of aromatic nitrogens is 1. The maximum atomic E-state index is 11.8. The second-order valence-electron chi connectivity index (χ2n) is 3.86. The molecule has 0 aromatic carbocycles. The van der Waals surface area contributed by atoms with Crippen molar-refractivity contribution in [2.24, 2.45) is 0 Å². The lowest BCUT2D eigenvalue weighted by molar-refractivity contribution is 0.0824. The Hall–Kier alpha value is -1.32. The van der Waals surface area contributed by atoms with E-state index in [2.05, 4.69) is 5.16 Å². The molecule has 1 rings (SSSR count). The largest absolute Gasteiger partial charge is 0.360 e. The third-order valence-electron chi connectivity index (χ3n) is 2.03. The Kier molecular flexibility index (Phi) is 2.93. The Bertz CT molecular complexity index is 340. The molecule has 1 aromatic heterocycles. The molecule has 1 heterocycles. The van der Waals surface area contributed by atoms with Gasteiger partial charge < -0.3 is 9.42 Å². The van der Waals surface area contributed by atoms with Gasteiger partial charge in [-0.25, -0.2) is 0 Å². The topological polar surface area (TPSA) is 46.3 Å². The van der Waals surface area contributed by atoms with Crippen molar-refractivity contribution in [2.75, 3.05) is 14.1 Å². The molecule has 14 heavy (non-hydrogen) atoms. The summed E-state index contributed by atoms with van der Waals surface area (Å²) in [5.41, 5.74) is 1.26. The summed E-state index contributed by atoms with van der Waals surface area (Å²) in [7, 11) is 3.44. The SMILES string of the molecule is Cc1noc(C(C)C)c1C(=O)N(C)C. The van der Waals surface area contributed by atoms with Crippen LogP contribution in [0.3, 0.4) is 0 Å². The molecular weight excluding hydrogens is 180 g/mol. The molecule has 0 N–H and O–H groups in total. The van der Waals surface area contributed by atoms with Gasteiger partial charge in [0, 0.05) is 20.0 Å². The van der Waals surface area contributed by atoms with Crippen molar-refractivity contribution in [1.82, 2.24) is 10.1 Å². The van der Waals surface area contributed by atoms with Crippen LogP contribution in [0.1, 0.15) is 41.6 Å². The van der Waals surface area contributed by atoms with E-state index in [-0.39, 0.29) is 11.8 Å². The first-order valence-electron chi connectivity index (χ1n) is 4.63. The van der Waals surface area contributed by atoms with Gasteiger partial charge in [0.2, 0.25) is 0 Å². The zero-order chi connectivity index (χ0) is 10.9. The predicted octanol–water partition coefficient (Wildman–Crippen LogP) is 1.81. The molecule has 1 aromatic rings.